The fourth-order valence-corrected chi connectivity index (χ4v) is 2.65. The van der Waals surface area contributed by atoms with E-state index in [1.165, 1.54) is 37.9 Å². The SMILES string of the molecule is [CH2-]CCSC1CCCCC1.[Li+]. The van der Waals surface area contributed by atoms with E-state index in [4.69, 9.17) is 0 Å². The Morgan fingerprint density at radius 3 is 2.36 bits per heavy atom. The minimum Gasteiger partial charge on any atom is -0.343 e. The van der Waals surface area contributed by atoms with Crippen LogP contribution in [0.25, 0.3) is 0 Å². The molecule has 0 atom stereocenters. The molecular formula is C9H17LiS. The third kappa shape index (κ3) is 5.23. The maximum atomic E-state index is 3.85. The monoisotopic (exact) mass is 164 g/mol. The Balaban J connectivity index is 0.000001000. The summed E-state index contributed by atoms with van der Waals surface area (Å²) in [6.45, 7) is 3.85. The van der Waals surface area contributed by atoms with Crippen molar-refractivity contribution in [1.29, 1.82) is 0 Å². The summed E-state index contributed by atoms with van der Waals surface area (Å²) in [6, 6.07) is 0. The number of hydrogen-bond donors (Lipinski definition) is 0. The van der Waals surface area contributed by atoms with E-state index in [-0.39, 0.29) is 18.9 Å². The second kappa shape index (κ2) is 7.59. The van der Waals surface area contributed by atoms with E-state index in [1.54, 1.807) is 0 Å². The molecule has 0 aromatic heterocycles. The summed E-state index contributed by atoms with van der Waals surface area (Å²) in [5, 5.41) is 0.982. The van der Waals surface area contributed by atoms with Crippen molar-refractivity contribution in [2.45, 2.75) is 43.8 Å². The van der Waals surface area contributed by atoms with Crippen LogP contribution in [-0.4, -0.2) is 11.0 Å². The summed E-state index contributed by atoms with van der Waals surface area (Å²) in [5.74, 6) is 1.27. The molecule has 0 unspecified atom stereocenters. The van der Waals surface area contributed by atoms with Crippen LogP contribution in [0.1, 0.15) is 38.5 Å². The molecule has 0 radical (unpaired) electrons. The van der Waals surface area contributed by atoms with Gasteiger partial charge in [0, 0.05) is 5.25 Å². The van der Waals surface area contributed by atoms with Gasteiger partial charge in [-0.2, -0.15) is 18.2 Å². The van der Waals surface area contributed by atoms with E-state index < -0.39 is 0 Å². The molecule has 11 heavy (non-hydrogen) atoms. The van der Waals surface area contributed by atoms with Gasteiger partial charge in [-0.15, -0.1) is 0 Å². The molecule has 0 aliphatic heterocycles. The van der Waals surface area contributed by atoms with Crippen LogP contribution in [0, 0.1) is 6.92 Å². The summed E-state index contributed by atoms with van der Waals surface area (Å²) in [7, 11) is 0. The number of rotatable bonds is 3. The Morgan fingerprint density at radius 1 is 1.18 bits per heavy atom. The van der Waals surface area contributed by atoms with Crippen molar-refractivity contribution < 1.29 is 18.9 Å². The summed E-state index contributed by atoms with van der Waals surface area (Å²) in [6.07, 6.45) is 8.43. The van der Waals surface area contributed by atoms with E-state index in [1.807, 2.05) is 0 Å². The Kier molecular flexibility index (Phi) is 8.24. The molecule has 0 N–H and O–H groups in total. The molecule has 1 fully saturated rings. The van der Waals surface area contributed by atoms with Crippen molar-refractivity contribution in [2.75, 3.05) is 5.75 Å². The first-order valence-corrected chi connectivity index (χ1v) is 5.39. The number of thioether (sulfide) groups is 1. The summed E-state index contributed by atoms with van der Waals surface area (Å²) in [5.41, 5.74) is 0. The molecule has 0 nitrogen and oxygen atoms in total. The van der Waals surface area contributed by atoms with Crippen LogP contribution in [0.3, 0.4) is 0 Å². The van der Waals surface area contributed by atoms with Gasteiger partial charge in [0.25, 0.3) is 0 Å². The quantitative estimate of drug-likeness (QED) is 0.426. The molecule has 0 aromatic carbocycles. The molecule has 0 aromatic rings. The van der Waals surface area contributed by atoms with Gasteiger partial charge in [0.15, 0.2) is 0 Å². The van der Waals surface area contributed by atoms with Crippen LogP contribution in [0.2, 0.25) is 0 Å². The van der Waals surface area contributed by atoms with Crippen LogP contribution < -0.4 is 18.9 Å². The minimum absolute atomic E-state index is 0. The molecule has 1 rings (SSSR count). The molecule has 0 saturated heterocycles. The average Bonchev–Trinajstić information content (AvgIpc) is 2.03. The topological polar surface area (TPSA) is 0 Å². The zero-order valence-corrected chi connectivity index (χ0v) is 8.46. The van der Waals surface area contributed by atoms with Gasteiger partial charge < -0.3 is 6.92 Å². The van der Waals surface area contributed by atoms with Gasteiger partial charge in [0.1, 0.15) is 0 Å². The van der Waals surface area contributed by atoms with Gasteiger partial charge in [0.2, 0.25) is 0 Å². The average molecular weight is 164 g/mol. The Hall–Kier alpha value is 0.947. The smallest absolute Gasteiger partial charge is 0.343 e. The Morgan fingerprint density at radius 2 is 1.82 bits per heavy atom. The zero-order valence-electron chi connectivity index (χ0n) is 7.64. The first-order valence-electron chi connectivity index (χ1n) is 4.34. The normalized spacial score (nSPS) is 19.4. The molecular weight excluding hydrogens is 147 g/mol. The number of hydrogen-bond acceptors (Lipinski definition) is 1. The maximum absolute atomic E-state index is 3.85. The van der Waals surface area contributed by atoms with Crippen molar-refractivity contribution in [3.05, 3.63) is 6.92 Å². The Bertz CT molecular complexity index is 79.6. The van der Waals surface area contributed by atoms with Crippen molar-refractivity contribution in [3.8, 4) is 0 Å². The molecule has 1 aliphatic carbocycles. The van der Waals surface area contributed by atoms with Crippen molar-refractivity contribution in [3.63, 3.8) is 0 Å². The van der Waals surface area contributed by atoms with E-state index in [2.05, 4.69) is 18.7 Å². The van der Waals surface area contributed by atoms with Gasteiger partial charge in [-0.1, -0.05) is 19.3 Å². The second-order valence-corrected chi connectivity index (χ2v) is 4.39. The fraction of sp³-hybridized carbons (Fsp3) is 0.889. The van der Waals surface area contributed by atoms with E-state index in [0.29, 0.717) is 0 Å². The standard InChI is InChI=1S/C9H17S.Li/c1-2-8-10-9-6-4-3-5-7-9;/h9H,1-8H2;/q-1;+1. The molecule has 0 amide bonds. The van der Waals surface area contributed by atoms with Crippen LogP contribution in [0.15, 0.2) is 0 Å². The minimum atomic E-state index is 0. The van der Waals surface area contributed by atoms with Crippen molar-refractivity contribution in [1.82, 2.24) is 0 Å². The van der Waals surface area contributed by atoms with E-state index in [0.717, 1.165) is 11.7 Å². The largest absolute Gasteiger partial charge is 1.00 e. The van der Waals surface area contributed by atoms with Gasteiger partial charge in [-0.25, -0.2) is 0 Å². The fourth-order valence-electron chi connectivity index (χ4n) is 1.48. The molecule has 0 spiro atoms. The molecule has 0 heterocycles. The molecule has 60 valence electrons. The third-order valence-corrected chi connectivity index (χ3v) is 3.52. The zero-order chi connectivity index (χ0) is 7.23. The molecule has 0 bridgehead atoms. The van der Waals surface area contributed by atoms with Crippen LogP contribution >= 0.6 is 11.8 Å². The van der Waals surface area contributed by atoms with Gasteiger partial charge in [-0.05, 0) is 18.6 Å². The maximum Gasteiger partial charge on any atom is 1.00 e. The first kappa shape index (κ1) is 11.9. The molecule has 1 aliphatic rings. The van der Waals surface area contributed by atoms with Crippen molar-refractivity contribution >= 4 is 11.8 Å². The van der Waals surface area contributed by atoms with Crippen LogP contribution in [0.5, 0.6) is 0 Å². The van der Waals surface area contributed by atoms with Gasteiger partial charge in [-0.3, -0.25) is 0 Å². The van der Waals surface area contributed by atoms with Crippen molar-refractivity contribution in [2.24, 2.45) is 0 Å². The predicted molar refractivity (Wildman–Crippen MR) is 49.3 cm³/mol. The van der Waals surface area contributed by atoms with Crippen LogP contribution in [0.4, 0.5) is 0 Å². The first-order chi connectivity index (χ1) is 4.93. The van der Waals surface area contributed by atoms with E-state index in [9.17, 15) is 0 Å². The molecule has 1 saturated carbocycles. The van der Waals surface area contributed by atoms with Crippen LogP contribution in [-0.2, 0) is 0 Å². The molecule has 2 heteroatoms. The second-order valence-electron chi connectivity index (χ2n) is 2.98. The summed E-state index contributed by atoms with van der Waals surface area (Å²) >= 11 is 2.13. The predicted octanol–water partition coefficient (Wildman–Crippen LogP) is 0.280. The summed E-state index contributed by atoms with van der Waals surface area (Å²) < 4.78 is 0. The Labute approximate surface area is 87.1 Å². The van der Waals surface area contributed by atoms with E-state index >= 15 is 0 Å². The summed E-state index contributed by atoms with van der Waals surface area (Å²) in [4.78, 5) is 0. The van der Waals surface area contributed by atoms with Gasteiger partial charge in [0.05, 0.1) is 0 Å². The van der Waals surface area contributed by atoms with Gasteiger partial charge >= 0.3 is 18.9 Å². The third-order valence-electron chi connectivity index (χ3n) is 2.05.